The normalized spacial score (nSPS) is 36.8. The van der Waals surface area contributed by atoms with Gasteiger partial charge in [-0.3, -0.25) is 0 Å². The summed E-state index contributed by atoms with van der Waals surface area (Å²) in [6.07, 6.45) is -2.03. The van der Waals surface area contributed by atoms with Crippen molar-refractivity contribution in [1.82, 2.24) is 0 Å². The lowest BCUT2D eigenvalue weighted by atomic mass is 10.2. The third-order valence-corrected chi connectivity index (χ3v) is 3.66. The molecule has 2 saturated heterocycles. The fourth-order valence-electron chi connectivity index (χ4n) is 1.61. The molecular formula is C9H10O13S. The first-order chi connectivity index (χ1) is 10.6. The van der Waals surface area contributed by atoms with Crippen LogP contribution in [0.1, 0.15) is 0 Å². The van der Waals surface area contributed by atoms with E-state index in [9.17, 15) is 33.0 Å². The Labute approximate surface area is 127 Å². The number of esters is 3. The van der Waals surface area contributed by atoms with Crippen LogP contribution in [0.4, 0.5) is 0 Å². The Balaban J connectivity index is 2.68. The number of rotatable bonds is 3. The van der Waals surface area contributed by atoms with Crippen molar-refractivity contribution in [3.8, 4) is 0 Å². The van der Waals surface area contributed by atoms with Crippen molar-refractivity contribution in [3.05, 3.63) is 0 Å². The van der Waals surface area contributed by atoms with Crippen LogP contribution in [0.3, 0.4) is 0 Å². The first-order valence-corrected chi connectivity index (χ1v) is 7.13. The molecule has 0 aromatic heterocycles. The predicted molar refractivity (Wildman–Crippen MR) is 59.9 cm³/mol. The van der Waals surface area contributed by atoms with E-state index in [2.05, 4.69) is 22.6 Å². The van der Waals surface area contributed by atoms with Crippen LogP contribution in [0.5, 0.6) is 0 Å². The molecule has 23 heavy (non-hydrogen) atoms. The van der Waals surface area contributed by atoms with Gasteiger partial charge >= 0.3 is 39.9 Å². The minimum absolute atomic E-state index is 1.13. The van der Waals surface area contributed by atoms with E-state index in [4.69, 9.17) is 5.11 Å². The molecule has 3 atom stereocenters. The zero-order chi connectivity index (χ0) is 17.5. The van der Waals surface area contributed by atoms with Gasteiger partial charge < -0.3 is 29.5 Å². The Morgan fingerprint density at radius 1 is 0.913 bits per heavy atom. The Hall–Kier alpha value is -1.84. The molecule has 2 aliphatic heterocycles. The third-order valence-electron chi connectivity index (χ3n) is 2.71. The Morgan fingerprint density at radius 3 is 1.91 bits per heavy atom. The van der Waals surface area contributed by atoms with E-state index in [-0.39, 0.29) is 0 Å². The van der Waals surface area contributed by atoms with Crippen LogP contribution in [0.15, 0.2) is 0 Å². The van der Waals surface area contributed by atoms with Crippen molar-refractivity contribution in [3.63, 3.8) is 0 Å². The maximum atomic E-state index is 12.0. The van der Waals surface area contributed by atoms with Crippen LogP contribution in [-0.4, -0.2) is 79.1 Å². The van der Waals surface area contributed by atoms with Gasteiger partial charge in [-0.05, 0) is 0 Å². The molecule has 2 heterocycles. The number of cyclic esters (lactones) is 1. The summed E-state index contributed by atoms with van der Waals surface area (Å²) in [5.74, 6) is -11.8. The molecule has 0 saturated carbocycles. The van der Waals surface area contributed by atoms with Gasteiger partial charge in [0.1, 0.15) is 13.2 Å². The van der Waals surface area contributed by atoms with E-state index in [0.29, 0.717) is 0 Å². The molecule has 2 bridgehead atoms. The number of hydrogen-bond acceptors (Lipinski definition) is 13. The maximum Gasteiger partial charge on any atom is 0.408 e. The highest BCUT2D eigenvalue weighted by Gasteiger charge is 2.63. The molecule has 0 aromatic rings. The second-order valence-corrected chi connectivity index (χ2v) is 5.43. The summed E-state index contributed by atoms with van der Waals surface area (Å²) in [6, 6.07) is 0. The van der Waals surface area contributed by atoms with Gasteiger partial charge in [0.25, 0.3) is 0 Å². The molecule has 2 rings (SSSR count). The fourth-order valence-corrected chi connectivity index (χ4v) is 2.62. The molecule has 0 radical (unpaired) electrons. The third kappa shape index (κ3) is 2.87. The van der Waals surface area contributed by atoms with E-state index in [1.807, 2.05) is 0 Å². The van der Waals surface area contributed by atoms with E-state index >= 15 is 0 Å². The summed E-state index contributed by atoms with van der Waals surface area (Å²) < 4.78 is 44.9. The molecule has 0 amide bonds. The van der Waals surface area contributed by atoms with Crippen molar-refractivity contribution in [2.24, 2.45) is 0 Å². The number of aliphatic hydroxyl groups is 3. The second kappa shape index (κ2) is 5.66. The molecular weight excluding hydrogens is 348 g/mol. The Kier molecular flexibility index (Phi) is 4.31. The summed E-state index contributed by atoms with van der Waals surface area (Å²) in [5.41, 5.74) is 0. The van der Waals surface area contributed by atoms with Crippen LogP contribution in [0.2, 0.25) is 0 Å². The van der Waals surface area contributed by atoms with Crippen LogP contribution in [0, 0.1) is 0 Å². The largest absolute Gasteiger partial charge is 0.443 e. The lowest BCUT2D eigenvalue weighted by Crippen LogP contribution is -2.52. The monoisotopic (exact) mass is 358 g/mol. The van der Waals surface area contributed by atoms with E-state index < -0.39 is 65.8 Å². The Bertz CT molecular complexity index is 638. The van der Waals surface area contributed by atoms with Gasteiger partial charge in [-0.15, -0.1) is 0 Å². The first-order valence-electron chi connectivity index (χ1n) is 5.80. The van der Waals surface area contributed by atoms with Crippen molar-refractivity contribution >= 4 is 28.3 Å². The van der Waals surface area contributed by atoms with Gasteiger partial charge in [0.05, 0.1) is 6.61 Å². The van der Waals surface area contributed by atoms with E-state index in [0.717, 1.165) is 0 Å². The van der Waals surface area contributed by atoms with Gasteiger partial charge in [0.2, 0.25) is 6.10 Å². The lowest BCUT2D eigenvalue weighted by Gasteiger charge is -2.26. The second-order valence-electron chi connectivity index (χ2n) is 4.28. The standard InChI is InChI=1S/C9H10O13S/c10-1-4-5(13)19-9(3-12)7(15)20-8(2-11,6(14)18-4)21-23(16,17)22-9/h4,10-12H,1-3H2. The molecule has 0 aromatic carbocycles. The zero-order valence-corrected chi connectivity index (χ0v) is 11.8. The molecule has 0 spiro atoms. The molecule has 13 nitrogen and oxygen atoms in total. The van der Waals surface area contributed by atoms with Gasteiger partial charge in [-0.1, -0.05) is 0 Å². The maximum absolute atomic E-state index is 12.0. The zero-order valence-electron chi connectivity index (χ0n) is 11.0. The number of hydrogen-bond donors (Lipinski definition) is 3. The summed E-state index contributed by atoms with van der Waals surface area (Å²) in [7, 11) is -5.28. The number of fused-ring (bicyclic) bond motifs is 3. The van der Waals surface area contributed by atoms with Crippen LogP contribution in [-0.2, 0) is 47.4 Å². The lowest BCUT2D eigenvalue weighted by molar-refractivity contribution is -0.238. The summed E-state index contributed by atoms with van der Waals surface area (Å²) in [5, 5.41) is 27.5. The molecule has 3 N–H and O–H groups in total. The molecule has 3 unspecified atom stereocenters. The van der Waals surface area contributed by atoms with Crippen molar-refractivity contribution in [2.75, 3.05) is 19.8 Å². The fraction of sp³-hybridized carbons (Fsp3) is 0.667. The van der Waals surface area contributed by atoms with Crippen LogP contribution in [0.25, 0.3) is 0 Å². The van der Waals surface area contributed by atoms with Crippen molar-refractivity contribution in [1.29, 1.82) is 0 Å². The molecule has 130 valence electrons. The quantitative estimate of drug-likeness (QED) is 0.324. The first kappa shape index (κ1) is 17.5. The average molecular weight is 358 g/mol. The minimum atomic E-state index is -5.28. The van der Waals surface area contributed by atoms with Crippen LogP contribution < -0.4 is 0 Å². The van der Waals surface area contributed by atoms with E-state index in [1.54, 1.807) is 0 Å². The van der Waals surface area contributed by atoms with Crippen LogP contribution >= 0.6 is 0 Å². The predicted octanol–water partition coefficient (Wildman–Crippen LogP) is -4.34. The van der Waals surface area contributed by atoms with E-state index in [1.165, 1.54) is 0 Å². The van der Waals surface area contributed by atoms with Gasteiger partial charge in [-0.2, -0.15) is 16.8 Å². The van der Waals surface area contributed by atoms with Gasteiger partial charge in [0, 0.05) is 0 Å². The van der Waals surface area contributed by atoms with Crippen molar-refractivity contribution < 1.29 is 60.7 Å². The highest BCUT2D eigenvalue weighted by molar-refractivity contribution is 7.82. The van der Waals surface area contributed by atoms with Gasteiger partial charge in [-0.25, -0.2) is 14.4 Å². The Morgan fingerprint density at radius 2 is 1.43 bits per heavy atom. The smallest absolute Gasteiger partial charge is 0.408 e. The van der Waals surface area contributed by atoms with Gasteiger partial charge in [0.15, 0.2) is 0 Å². The molecule has 14 heteroatoms. The highest BCUT2D eigenvalue weighted by Crippen LogP contribution is 2.33. The number of carbonyl (C=O) groups is 3. The molecule has 2 fully saturated rings. The summed E-state index contributed by atoms with van der Waals surface area (Å²) in [6.45, 7) is -4.23. The molecule has 2 aliphatic rings. The summed E-state index contributed by atoms with van der Waals surface area (Å²) in [4.78, 5) is 35.7. The number of ether oxygens (including phenoxy) is 3. The number of carbonyl (C=O) groups excluding carboxylic acids is 3. The number of aliphatic hydroxyl groups excluding tert-OH is 3. The highest BCUT2D eigenvalue weighted by atomic mass is 32.3. The summed E-state index contributed by atoms with van der Waals surface area (Å²) >= 11 is 0. The van der Waals surface area contributed by atoms with Crippen molar-refractivity contribution in [2.45, 2.75) is 17.7 Å². The average Bonchev–Trinajstić information content (AvgIpc) is 2.55. The SMILES string of the molecule is O=C1OC2(CO)OS(=O)(=O)OC(CO)(OC2=O)C(=O)OC1CO. The topological polar surface area (TPSA) is 192 Å². The minimum Gasteiger partial charge on any atom is -0.443 e. The molecule has 0 aliphatic carbocycles.